The van der Waals surface area contributed by atoms with Crippen molar-refractivity contribution < 1.29 is 24.5 Å². The van der Waals surface area contributed by atoms with Gasteiger partial charge in [0.25, 0.3) is 0 Å². The van der Waals surface area contributed by atoms with Gasteiger partial charge in [0.2, 0.25) is 0 Å². The quantitative estimate of drug-likeness (QED) is 0.432. The average Bonchev–Trinajstić information content (AvgIpc) is 2.63. The molecule has 2 aromatic rings. The van der Waals surface area contributed by atoms with Crippen LogP contribution in [0.1, 0.15) is 25.8 Å². The van der Waals surface area contributed by atoms with Crippen molar-refractivity contribution in [2.45, 2.75) is 31.7 Å². The Hall–Kier alpha value is -2.63. The summed E-state index contributed by atoms with van der Waals surface area (Å²) in [6.07, 6.45) is 0.322. The molecule has 0 spiro atoms. The van der Waals surface area contributed by atoms with E-state index >= 15 is 0 Å². The Morgan fingerprint density at radius 2 is 1.58 bits per heavy atom. The van der Waals surface area contributed by atoms with E-state index in [2.05, 4.69) is 6.58 Å². The number of aliphatic hydroxyl groups excluding tert-OH is 1. The predicted octanol–water partition coefficient (Wildman–Crippen LogP) is 3.17. The number of rotatable bonds is 8. The van der Waals surface area contributed by atoms with Gasteiger partial charge in [0, 0.05) is 5.57 Å². The van der Waals surface area contributed by atoms with E-state index in [1.807, 2.05) is 44.2 Å². The normalized spacial score (nSPS) is 13.5. The highest BCUT2D eigenvalue weighted by atomic mass is 16.8. The third-order valence-corrected chi connectivity index (χ3v) is 3.97. The molecule has 0 saturated carbocycles. The van der Waals surface area contributed by atoms with Gasteiger partial charge in [0.1, 0.15) is 12.4 Å². The molecule has 138 valence electrons. The number of hydrogen-bond donors (Lipinski definition) is 2. The van der Waals surface area contributed by atoms with E-state index in [0.717, 1.165) is 5.56 Å². The first-order chi connectivity index (χ1) is 12.3. The van der Waals surface area contributed by atoms with Gasteiger partial charge in [-0.25, -0.2) is 4.79 Å². The first kappa shape index (κ1) is 19.7. The molecule has 0 radical (unpaired) electrons. The standard InChI is InChI=1S/C21H24O5/c1-16(14-20(2,3)17-10-6-4-7-11-17)19(23)26-21(24,15-22)25-18-12-8-5-9-13-18/h4-13,22,24H,1,14-15H2,2-3H3. The maximum Gasteiger partial charge on any atom is 0.396 e. The van der Waals surface area contributed by atoms with Gasteiger partial charge in [-0.2, -0.15) is 0 Å². The molecule has 0 aliphatic carbocycles. The zero-order valence-electron chi connectivity index (χ0n) is 15.0. The van der Waals surface area contributed by atoms with E-state index in [1.54, 1.807) is 30.3 Å². The zero-order chi connectivity index (χ0) is 19.2. The predicted molar refractivity (Wildman–Crippen MR) is 98.4 cm³/mol. The first-order valence-corrected chi connectivity index (χ1v) is 8.30. The van der Waals surface area contributed by atoms with Crippen molar-refractivity contribution in [2.75, 3.05) is 6.61 Å². The van der Waals surface area contributed by atoms with Crippen LogP contribution in [0.2, 0.25) is 0 Å². The van der Waals surface area contributed by atoms with Crippen LogP contribution in [-0.4, -0.2) is 28.8 Å². The monoisotopic (exact) mass is 356 g/mol. The summed E-state index contributed by atoms with van der Waals surface area (Å²) in [6.45, 7) is 6.83. The Labute approximate surface area is 153 Å². The number of para-hydroxylation sites is 1. The van der Waals surface area contributed by atoms with Gasteiger partial charge in [-0.1, -0.05) is 69.0 Å². The summed E-state index contributed by atoms with van der Waals surface area (Å²) < 4.78 is 10.2. The van der Waals surface area contributed by atoms with Crippen LogP contribution in [0, 0.1) is 0 Å². The summed E-state index contributed by atoms with van der Waals surface area (Å²) in [4.78, 5) is 12.3. The van der Waals surface area contributed by atoms with Gasteiger partial charge in [-0.15, -0.1) is 0 Å². The maximum absolute atomic E-state index is 12.3. The van der Waals surface area contributed by atoms with Crippen LogP contribution in [0.4, 0.5) is 0 Å². The zero-order valence-corrected chi connectivity index (χ0v) is 15.0. The number of carbonyl (C=O) groups is 1. The number of esters is 1. The lowest BCUT2D eigenvalue weighted by Crippen LogP contribution is -2.45. The second-order valence-electron chi connectivity index (χ2n) is 6.71. The van der Waals surface area contributed by atoms with Gasteiger partial charge >= 0.3 is 11.9 Å². The fourth-order valence-corrected chi connectivity index (χ4v) is 2.57. The molecule has 2 rings (SSSR count). The van der Waals surface area contributed by atoms with Gasteiger partial charge in [-0.05, 0) is 29.5 Å². The van der Waals surface area contributed by atoms with E-state index in [1.165, 1.54) is 0 Å². The van der Waals surface area contributed by atoms with Crippen LogP contribution < -0.4 is 4.74 Å². The SMILES string of the molecule is C=C(CC(C)(C)c1ccccc1)C(=O)OC(O)(CO)Oc1ccccc1. The highest BCUT2D eigenvalue weighted by Crippen LogP contribution is 2.30. The largest absolute Gasteiger partial charge is 0.428 e. The Balaban J connectivity index is 2.04. The van der Waals surface area contributed by atoms with Crippen LogP contribution in [-0.2, 0) is 14.9 Å². The van der Waals surface area contributed by atoms with Crippen LogP contribution in [0.25, 0.3) is 0 Å². The van der Waals surface area contributed by atoms with E-state index in [-0.39, 0.29) is 16.7 Å². The molecular formula is C21H24O5. The molecule has 0 bridgehead atoms. The molecule has 0 aliphatic heterocycles. The summed E-state index contributed by atoms with van der Waals surface area (Å²) in [5.41, 5.74) is 0.865. The van der Waals surface area contributed by atoms with Gasteiger partial charge in [-0.3, -0.25) is 0 Å². The molecule has 1 unspecified atom stereocenters. The van der Waals surface area contributed by atoms with Gasteiger partial charge < -0.3 is 19.7 Å². The molecule has 5 nitrogen and oxygen atoms in total. The van der Waals surface area contributed by atoms with Crippen molar-refractivity contribution in [3.8, 4) is 5.75 Å². The molecule has 0 aliphatic rings. The van der Waals surface area contributed by atoms with E-state index < -0.39 is 18.5 Å². The lowest BCUT2D eigenvalue weighted by molar-refractivity contribution is -0.314. The lowest BCUT2D eigenvalue weighted by atomic mass is 9.79. The van der Waals surface area contributed by atoms with Crippen molar-refractivity contribution in [1.82, 2.24) is 0 Å². The number of aliphatic hydroxyl groups is 2. The Bertz CT molecular complexity index is 740. The number of benzene rings is 2. The molecule has 0 heterocycles. The highest BCUT2D eigenvalue weighted by Gasteiger charge is 2.36. The Kier molecular flexibility index (Phi) is 6.18. The molecular weight excluding hydrogens is 332 g/mol. The molecule has 5 heteroatoms. The molecule has 0 fully saturated rings. The molecule has 0 amide bonds. The van der Waals surface area contributed by atoms with Crippen molar-refractivity contribution in [3.05, 3.63) is 78.4 Å². The highest BCUT2D eigenvalue weighted by molar-refractivity contribution is 5.88. The fraction of sp³-hybridized carbons (Fsp3) is 0.286. The third kappa shape index (κ3) is 5.18. The molecule has 26 heavy (non-hydrogen) atoms. The molecule has 2 N–H and O–H groups in total. The second kappa shape index (κ2) is 8.17. The Morgan fingerprint density at radius 3 is 2.12 bits per heavy atom. The number of ether oxygens (including phenoxy) is 2. The molecule has 1 atom stereocenters. The summed E-state index contributed by atoms with van der Waals surface area (Å²) in [7, 11) is 0. The number of hydrogen-bond acceptors (Lipinski definition) is 5. The van der Waals surface area contributed by atoms with Crippen molar-refractivity contribution in [2.24, 2.45) is 0 Å². The molecule has 2 aromatic carbocycles. The minimum atomic E-state index is -2.47. The smallest absolute Gasteiger partial charge is 0.396 e. The molecule has 0 aromatic heterocycles. The summed E-state index contributed by atoms with van der Waals surface area (Å²) in [5.74, 6) is -3.05. The summed E-state index contributed by atoms with van der Waals surface area (Å²) in [5, 5.41) is 19.7. The third-order valence-electron chi connectivity index (χ3n) is 3.97. The van der Waals surface area contributed by atoms with Crippen LogP contribution in [0.5, 0.6) is 5.75 Å². The number of carbonyl (C=O) groups excluding carboxylic acids is 1. The summed E-state index contributed by atoms with van der Waals surface area (Å²) in [6, 6.07) is 18.0. The lowest BCUT2D eigenvalue weighted by Gasteiger charge is -2.29. The second-order valence-corrected chi connectivity index (χ2v) is 6.71. The minimum Gasteiger partial charge on any atom is -0.428 e. The fourth-order valence-electron chi connectivity index (χ4n) is 2.57. The van der Waals surface area contributed by atoms with E-state index in [4.69, 9.17) is 9.47 Å². The van der Waals surface area contributed by atoms with E-state index in [9.17, 15) is 15.0 Å². The van der Waals surface area contributed by atoms with Gasteiger partial charge in [0.05, 0.1) is 0 Å². The van der Waals surface area contributed by atoms with Crippen LogP contribution >= 0.6 is 0 Å². The van der Waals surface area contributed by atoms with Crippen LogP contribution in [0.3, 0.4) is 0 Å². The Morgan fingerprint density at radius 1 is 1.04 bits per heavy atom. The first-order valence-electron chi connectivity index (χ1n) is 8.30. The van der Waals surface area contributed by atoms with Crippen molar-refractivity contribution in [1.29, 1.82) is 0 Å². The van der Waals surface area contributed by atoms with Gasteiger partial charge in [0.15, 0.2) is 0 Å². The van der Waals surface area contributed by atoms with Crippen LogP contribution in [0.15, 0.2) is 72.8 Å². The molecule has 0 saturated heterocycles. The van der Waals surface area contributed by atoms with Crippen molar-refractivity contribution >= 4 is 5.97 Å². The van der Waals surface area contributed by atoms with Crippen molar-refractivity contribution in [3.63, 3.8) is 0 Å². The summed E-state index contributed by atoms with van der Waals surface area (Å²) >= 11 is 0. The van der Waals surface area contributed by atoms with E-state index in [0.29, 0.717) is 6.42 Å². The maximum atomic E-state index is 12.3. The minimum absolute atomic E-state index is 0.169. The average molecular weight is 356 g/mol. The topological polar surface area (TPSA) is 76.0 Å².